The number of carbonyl (C=O) groups excluding carboxylic acids is 1. The molecule has 5 heteroatoms. The number of nitrogens with zero attached hydrogens (tertiary/aromatic N) is 1. The molecular formula is C14H23NO4. The zero-order valence-corrected chi connectivity index (χ0v) is 11.8. The summed E-state index contributed by atoms with van der Waals surface area (Å²) < 4.78 is 5.50. The van der Waals surface area contributed by atoms with Crippen molar-refractivity contribution < 1.29 is 19.7 Å². The molecule has 2 aliphatic heterocycles. The molecule has 1 fully saturated rings. The second-order valence-electron chi connectivity index (χ2n) is 5.91. The molecule has 1 saturated heterocycles. The van der Waals surface area contributed by atoms with Crippen molar-refractivity contribution in [1.82, 2.24) is 4.90 Å². The first-order valence-electron chi connectivity index (χ1n) is 6.85. The third-order valence-electron chi connectivity index (χ3n) is 4.39. The minimum Gasteiger partial charge on any atom is -0.458 e. The van der Waals surface area contributed by atoms with Crippen LogP contribution in [-0.2, 0) is 9.53 Å². The molecule has 0 aliphatic carbocycles. The van der Waals surface area contributed by atoms with Crippen molar-refractivity contribution in [2.75, 3.05) is 19.7 Å². The second-order valence-corrected chi connectivity index (χ2v) is 5.91. The maximum absolute atomic E-state index is 12.1. The third kappa shape index (κ3) is 2.55. The molecular weight excluding hydrogens is 246 g/mol. The summed E-state index contributed by atoms with van der Waals surface area (Å²) in [6.45, 7) is 6.72. The monoisotopic (exact) mass is 269 g/mol. The van der Waals surface area contributed by atoms with E-state index in [4.69, 9.17) is 4.74 Å². The van der Waals surface area contributed by atoms with Crippen LogP contribution in [0.5, 0.6) is 0 Å². The zero-order chi connectivity index (χ0) is 14.2. The number of carbonyl (C=O) groups is 1. The molecule has 3 atom stereocenters. The molecule has 0 spiro atoms. The predicted molar refractivity (Wildman–Crippen MR) is 70.5 cm³/mol. The molecule has 0 unspecified atom stereocenters. The van der Waals surface area contributed by atoms with Gasteiger partial charge in [-0.05, 0) is 24.8 Å². The number of hydrogen-bond donors (Lipinski definition) is 2. The summed E-state index contributed by atoms with van der Waals surface area (Å²) >= 11 is 0. The SMILES string of the molecule is CC(C)[C@](C)(O)C(=O)O[C@@H]1CCN2CC=C(CO)[C@H]12. The molecule has 2 aliphatic rings. The van der Waals surface area contributed by atoms with E-state index in [0.717, 1.165) is 25.1 Å². The first-order chi connectivity index (χ1) is 8.87. The first-order valence-corrected chi connectivity index (χ1v) is 6.85. The summed E-state index contributed by atoms with van der Waals surface area (Å²) in [5, 5.41) is 19.5. The van der Waals surface area contributed by atoms with E-state index in [1.807, 2.05) is 6.08 Å². The van der Waals surface area contributed by atoms with Gasteiger partial charge in [-0.15, -0.1) is 0 Å². The van der Waals surface area contributed by atoms with Crippen LogP contribution < -0.4 is 0 Å². The molecule has 2 N–H and O–H groups in total. The summed E-state index contributed by atoms with van der Waals surface area (Å²) in [6, 6.07) is -0.0167. The van der Waals surface area contributed by atoms with Crippen LogP contribution in [0.4, 0.5) is 0 Å². The molecule has 0 aromatic heterocycles. The Balaban J connectivity index is 2.04. The molecule has 0 aromatic carbocycles. The van der Waals surface area contributed by atoms with Crippen LogP contribution in [0.15, 0.2) is 11.6 Å². The standard InChI is InChI=1S/C14H23NO4/c1-9(2)14(3,18)13(17)19-11-5-7-15-6-4-10(8-16)12(11)15/h4,9,11-12,16,18H,5-8H2,1-3H3/t11-,12-,14+/m1/s1. The van der Waals surface area contributed by atoms with Gasteiger partial charge in [0, 0.05) is 13.1 Å². The van der Waals surface area contributed by atoms with Crippen LogP contribution in [0.1, 0.15) is 27.2 Å². The summed E-state index contributed by atoms with van der Waals surface area (Å²) in [7, 11) is 0. The second kappa shape index (κ2) is 5.23. The van der Waals surface area contributed by atoms with Gasteiger partial charge in [-0.25, -0.2) is 4.79 Å². The molecule has 2 rings (SSSR count). The van der Waals surface area contributed by atoms with E-state index in [1.165, 1.54) is 6.92 Å². The van der Waals surface area contributed by atoms with E-state index in [1.54, 1.807) is 13.8 Å². The third-order valence-corrected chi connectivity index (χ3v) is 4.39. The van der Waals surface area contributed by atoms with Crippen LogP contribution in [-0.4, -0.2) is 58.5 Å². The van der Waals surface area contributed by atoms with Gasteiger partial charge in [0.2, 0.25) is 0 Å². The van der Waals surface area contributed by atoms with Crippen LogP contribution in [0.25, 0.3) is 0 Å². The van der Waals surface area contributed by atoms with Crippen molar-refractivity contribution in [2.24, 2.45) is 5.92 Å². The number of aliphatic hydroxyl groups is 2. The maximum atomic E-state index is 12.1. The molecule has 0 bridgehead atoms. The Morgan fingerprint density at radius 3 is 2.89 bits per heavy atom. The van der Waals surface area contributed by atoms with Gasteiger partial charge in [-0.2, -0.15) is 0 Å². The Morgan fingerprint density at radius 1 is 1.63 bits per heavy atom. The topological polar surface area (TPSA) is 70.0 Å². The highest BCUT2D eigenvalue weighted by molar-refractivity contribution is 5.79. The van der Waals surface area contributed by atoms with Gasteiger partial charge in [-0.1, -0.05) is 19.9 Å². The fourth-order valence-corrected chi connectivity index (χ4v) is 2.63. The van der Waals surface area contributed by atoms with E-state index in [9.17, 15) is 15.0 Å². The summed E-state index contributed by atoms with van der Waals surface area (Å²) in [6.07, 6.45) is 2.48. The van der Waals surface area contributed by atoms with E-state index in [0.29, 0.717) is 0 Å². The Kier molecular flexibility index (Phi) is 3.99. The van der Waals surface area contributed by atoms with Crippen molar-refractivity contribution in [3.05, 3.63) is 11.6 Å². The lowest BCUT2D eigenvalue weighted by Crippen LogP contribution is -2.45. The highest BCUT2D eigenvalue weighted by atomic mass is 16.6. The average molecular weight is 269 g/mol. The summed E-state index contributed by atoms with van der Waals surface area (Å²) in [5.74, 6) is -0.771. The molecule has 2 heterocycles. The zero-order valence-electron chi connectivity index (χ0n) is 11.8. The van der Waals surface area contributed by atoms with E-state index in [2.05, 4.69) is 4.90 Å². The Hall–Kier alpha value is -0.910. The van der Waals surface area contributed by atoms with Crippen molar-refractivity contribution in [1.29, 1.82) is 0 Å². The van der Waals surface area contributed by atoms with Crippen molar-refractivity contribution >= 4 is 5.97 Å². The van der Waals surface area contributed by atoms with Gasteiger partial charge in [-0.3, -0.25) is 4.90 Å². The minimum atomic E-state index is -1.46. The van der Waals surface area contributed by atoms with Crippen LogP contribution in [0.2, 0.25) is 0 Å². The van der Waals surface area contributed by atoms with E-state index < -0.39 is 11.6 Å². The number of esters is 1. The number of ether oxygens (including phenoxy) is 1. The largest absolute Gasteiger partial charge is 0.458 e. The molecule has 5 nitrogen and oxygen atoms in total. The maximum Gasteiger partial charge on any atom is 0.338 e. The van der Waals surface area contributed by atoms with E-state index in [-0.39, 0.29) is 24.7 Å². The number of fused-ring (bicyclic) bond motifs is 1. The van der Waals surface area contributed by atoms with Gasteiger partial charge in [0.25, 0.3) is 0 Å². The number of rotatable bonds is 4. The molecule has 0 amide bonds. The molecule has 19 heavy (non-hydrogen) atoms. The Labute approximate surface area is 113 Å². The van der Waals surface area contributed by atoms with Crippen molar-refractivity contribution in [3.8, 4) is 0 Å². The summed E-state index contributed by atoms with van der Waals surface area (Å²) in [5.41, 5.74) is -0.547. The number of hydrogen-bond acceptors (Lipinski definition) is 5. The fourth-order valence-electron chi connectivity index (χ4n) is 2.63. The Morgan fingerprint density at radius 2 is 2.32 bits per heavy atom. The van der Waals surface area contributed by atoms with Crippen LogP contribution in [0.3, 0.4) is 0 Å². The fraction of sp³-hybridized carbons (Fsp3) is 0.786. The lowest BCUT2D eigenvalue weighted by Gasteiger charge is -2.29. The van der Waals surface area contributed by atoms with Crippen LogP contribution in [0, 0.1) is 5.92 Å². The predicted octanol–water partition coefficient (Wildman–Crippen LogP) is 0.312. The van der Waals surface area contributed by atoms with Gasteiger partial charge < -0.3 is 14.9 Å². The Bertz CT molecular complexity index is 389. The highest BCUT2D eigenvalue weighted by Crippen LogP contribution is 2.32. The average Bonchev–Trinajstić information content (AvgIpc) is 2.91. The van der Waals surface area contributed by atoms with Crippen molar-refractivity contribution in [2.45, 2.75) is 44.9 Å². The quantitative estimate of drug-likeness (QED) is 0.568. The van der Waals surface area contributed by atoms with Crippen LogP contribution >= 0.6 is 0 Å². The van der Waals surface area contributed by atoms with Crippen molar-refractivity contribution in [3.63, 3.8) is 0 Å². The van der Waals surface area contributed by atoms with Gasteiger partial charge >= 0.3 is 5.97 Å². The molecule has 0 saturated carbocycles. The molecule has 0 radical (unpaired) electrons. The summed E-state index contributed by atoms with van der Waals surface area (Å²) in [4.78, 5) is 14.3. The lowest BCUT2D eigenvalue weighted by atomic mass is 9.92. The smallest absolute Gasteiger partial charge is 0.338 e. The minimum absolute atomic E-state index is 0.00418. The van der Waals surface area contributed by atoms with Gasteiger partial charge in [0.05, 0.1) is 12.6 Å². The van der Waals surface area contributed by atoms with E-state index >= 15 is 0 Å². The molecule has 0 aromatic rings. The highest BCUT2D eigenvalue weighted by Gasteiger charge is 2.44. The number of aliphatic hydroxyl groups excluding tert-OH is 1. The lowest BCUT2D eigenvalue weighted by molar-refractivity contribution is -0.174. The van der Waals surface area contributed by atoms with Gasteiger partial charge in [0.1, 0.15) is 6.10 Å². The first kappa shape index (κ1) is 14.5. The molecule has 108 valence electrons. The normalized spacial score (nSPS) is 30.1. The van der Waals surface area contributed by atoms with Gasteiger partial charge in [0.15, 0.2) is 5.60 Å².